The summed E-state index contributed by atoms with van der Waals surface area (Å²) in [4.78, 5) is 24.0. The van der Waals surface area contributed by atoms with E-state index < -0.39 is 11.7 Å². The van der Waals surface area contributed by atoms with E-state index in [2.05, 4.69) is 48.8 Å². The lowest BCUT2D eigenvalue weighted by Crippen LogP contribution is -2.36. The number of halogens is 3. The number of fused-ring (bicyclic) bond motifs is 2. The molecule has 2 unspecified atom stereocenters. The summed E-state index contributed by atoms with van der Waals surface area (Å²) in [6, 6.07) is 13.2. The SMILES string of the molecule is C1NC2CSCC2N1.CCCCCNCCCCCCCCCNc1cc(NC(=O)N2CCCNc3ccc(-c4cccc(C(F)(F)F)c4)nc32)ccn1.O.O.O. The average molecular weight is 824 g/mol. The van der Waals surface area contributed by atoms with Gasteiger partial charge in [-0.25, -0.2) is 14.8 Å². The van der Waals surface area contributed by atoms with Crippen molar-refractivity contribution in [1.29, 1.82) is 0 Å². The van der Waals surface area contributed by atoms with Crippen LogP contribution >= 0.6 is 11.8 Å². The van der Waals surface area contributed by atoms with Crippen LogP contribution in [0.1, 0.15) is 83.1 Å². The molecule has 2 saturated heterocycles. The van der Waals surface area contributed by atoms with Gasteiger partial charge in [0, 0.05) is 73.4 Å². The number of urea groups is 1. The first kappa shape index (κ1) is 49.4. The van der Waals surface area contributed by atoms with Crippen molar-refractivity contribution in [1.82, 2.24) is 25.9 Å². The summed E-state index contributed by atoms with van der Waals surface area (Å²) >= 11 is 2.04. The first-order valence-electron chi connectivity index (χ1n) is 19.8. The summed E-state index contributed by atoms with van der Waals surface area (Å²) < 4.78 is 40.0. The van der Waals surface area contributed by atoms with Gasteiger partial charge in [-0.05, 0) is 69.1 Å². The standard InChI is InChI=1S/C35H48F3N7O.C5H10N2S.3H2O/c1-2-3-9-19-39-20-10-7-5-4-6-8-11-21-41-32-26-29(18-23-42-32)43-34(46)45-24-13-22-40-31-17-16-30(44-33(31)45)27-14-12-15-28(25-27)35(36,37)38;1-4-5(2-8-1)7-3-6-4;;;/h12,14-18,23,25-26,39-40H,2-11,13,19-22,24H2,1H3,(H2,41,42,43,46);4-7H,1-3H2;3*1H2. The Kier molecular flexibility index (Phi) is 22.8. The normalized spacial score (nSPS) is 16.9. The van der Waals surface area contributed by atoms with Crippen LogP contribution in [-0.2, 0) is 6.18 Å². The maximum atomic E-state index is 13.5. The van der Waals surface area contributed by atoms with E-state index >= 15 is 0 Å². The smallest absolute Gasteiger partial charge is 0.412 e. The van der Waals surface area contributed by atoms with E-state index in [1.165, 1.54) is 73.8 Å². The van der Waals surface area contributed by atoms with E-state index in [4.69, 9.17) is 0 Å². The Bertz CT molecular complexity index is 1570. The van der Waals surface area contributed by atoms with Crippen molar-refractivity contribution in [3.63, 3.8) is 0 Å². The van der Waals surface area contributed by atoms with Gasteiger partial charge in [-0.3, -0.25) is 15.5 Å². The largest absolute Gasteiger partial charge is 0.416 e. The van der Waals surface area contributed by atoms with Crippen LogP contribution in [0, 0.1) is 0 Å². The summed E-state index contributed by atoms with van der Waals surface area (Å²) in [5, 5.41) is 19.9. The molecule has 13 nitrogen and oxygen atoms in total. The second kappa shape index (κ2) is 26.3. The zero-order valence-corrected chi connectivity index (χ0v) is 33.9. The predicted octanol–water partition coefficient (Wildman–Crippen LogP) is 6.09. The molecule has 320 valence electrons. The van der Waals surface area contributed by atoms with Crippen LogP contribution < -0.4 is 36.8 Å². The molecule has 12 N–H and O–H groups in total. The lowest BCUT2D eigenvalue weighted by atomic mass is 10.1. The fourth-order valence-corrected chi connectivity index (χ4v) is 8.09. The highest BCUT2D eigenvalue weighted by atomic mass is 32.2. The number of benzene rings is 1. The van der Waals surface area contributed by atoms with Crippen molar-refractivity contribution in [2.24, 2.45) is 0 Å². The summed E-state index contributed by atoms with van der Waals surface area (Å²) in [6.07, 6.45) is 10.3. The molecule has 3 aliphatic rings. The molecular formula is C40H64F3N9O4S. The zero-order valence-electron chi connectivity index (χ0n) is 33.1. The Morgan fingerprint density at radius 3 is 2.26 bits per heavy atom. The number of carbonyl (C=O) groups is 1. The fraction of sp³-hybridized carbons (Fsp3) is 0.575. The lowest BCUT2D eigenvalue weighted by Gasteiger charge is -2.22. The number of nitrogens with one attached hydrogen (secondary N) is 6. The Labute approximate surface area is 339 Å². The predicted molar refractivity (Wildman–Crippen MR) is 228 cm³/mol. The topological polar surface area (TPSA) is 213 Å². The molecule has 5 heterocycles. The minimum absolute atomic E-state index is 0. The number of anilines is 4. The number of pyridine rings is 2. The molecular weight excluding hydrogens is 760 g/mol. The number of aromatic nitrogens is 2. The maximum Gasteiger partial charge on any atom is 0.416 e. The molecule has 0 saturated carbocycles. The third kappa shape index (κ3) is 16.2. The average Bonchev–Trinajstić information content (AvgIpc) is 3.76. The van der Waals surface area contributed by atoms with E-state index in [1.807, 2.05) is 11.8 Å². The van der Waals surface area contributed by atoms with E-state index in [-0.39, 0.29) is 22.5 Å². The number of unbranched alkanes of at least 4 members (excludes halogenated alkanes) is 8. The van der Waals surface area contributed by atoms with E-state index in [0.29, 0.717) is 53.8 Å². The molecule has 0 radical (unpaired) electrons. The van der Waals surface area contributed by atoms with Gasteiger partial charge >= 0.3 is 12.2 Å². The van der Waals surface area contributed by atoms with Crippen molar-refractivity contribution >= 4 is 40.8 Å². The number of amides is 2. The minimum atomic E-state index is -4.46. The monoisotopic (exact) mass is 823 g/mol. The van der Waals surface area contributed by atoms with E-state index in [9.17, 15) is 18.0 Å². The first-order valence-corrected chi connectivity index (χ1v) is 20.9. The third-order valence-electron chi connectivity index (χ3n) is 9.85. The number of carbonyl (C=O) groups excluding carboxylic acids is 1. The molecule has 57 heavy (non-hydrogen) atoms. The maximum absolute atomic E-state index is 13.5. The van der Waals surface area contributed by atoms with Gasteiger partial charge in [0.1, 0.15) is 5.82 Å². The molecule has 0 bridgehead atoms. The van der Waals surface area contributed by atoms with Crippen LogP contribution in [0.4, 0.5) is 41.0 Å². The molecule has 0 aliphatic carbocycles. The number of hydrogen-bond donors (Lipinski definition) is 6. The van der Waals surface area contributed by atoms with Gasteiger partial charge in [0.2, 0.25) is 0 Å². The summed E-state index contributed by atoms with van der Waals surface area (Å²) in [5.41, 5.74) is 1.18. The third-order valence-corrected chi connectivity index (χ3v) is 11.0. The van der Waals surface area contributed by atoms with Gasteiger partial charge < -0.3 is 37.7 Å². The van der Waals surface area contributed by atoms with Gasteiger partial charge in [-0.15, -0.1) is 0 Å². The van der Waals surface area contributed by atoms with Crippen LogP contribution in [0.2, 0.25) is 0 Å². The van der Waals surface area contributed by atoms with E-state index in [1.54, 1.807) is 36.5 Å². The second-order valence-corrected chi connectivity index (χ2v) is 15.2. The second-order valence-electron chi connectivity index (χ2n) is 14.1. The van der Waals surface area contributed by atoms with Crippen LogP contribution in [0.5, 0.6) is 0 Å². The van der Waals surface area contributed by atoms with Crippen LogP contribution in [-0.4, -0.2) is 95.4 Å². The van der Waals surface area contributed by atoms with Gasteiger partial charge in [0.05, 0.1) is 16.9 Å². The minimum Gasteiger partial charge on any atom is -0.412 e. The van der Waals surface area contributed by atoms with Crippen molar-refractivity contribution in [3.05, 3.63) is 60.3 Å². The van der Waals surface area contributed by atoms with Crippen LogP contribution in [0.25, 0.3) is 11.3 Å². The summed E-state index contributed by atoms with van der Waals surface area (Å²) in [6.45, 7) is 7.37. The Morgan fingerprint density at radius 2 is 1.56 bits per heavy atom. The quantitative estimate of drug-likeness (QED) is 0.0869. The molecule has 0 spiro atoms. The summed E-state index contributed by atoms with van der Waals surface area (Å²) in [7, 11) is 0. The van der Waals surface area contributed by atoms with Gasteiger partial charge in [-0.1, -0.05) is 64.0 Å². The van der Waals surface area contributed by atoms with Crippen molar-refractivity contribution in [3.8, 4) is 11.3 Å². The van der Waals surface area contributed by atoms with Gasteiger partial charge in [0.25, 0.3) is 0 Å². The molecule has 2 aromatic heterocycles. The molecule has 2 atom stereocenters. The van der Waals surface area contributed by atoms with Crippen molar-refractivity contribution in [2.45, 2.75) is 95.8 Å². The number of alkyl halides is 3. The lowest BCUT2D eigenvalue weighted by molar-refractivity contribution is -0.137. The van der Waals surface area contributed by atoms with Crippen molar-refractivity contribution in [2.75, 3.05) is 71.7 Å². The van der Waals surface area contributed by atoms with Crippen LogP contribution in [0.15, 0.2) is 54.7 Å². The Morgan fingerprint density at radius 1 is 0.877 bits per heavy atom. The first-order chi connectivity index (χ1) is 26.3. The molecule has 17 heteroatoms. The Hall–Kier alpha value is -3.71. The fourth-order valence-electron chi connectivity index (χ4n) is 6.75. The molecule has 2 amide bonds. The molecule has 3 aromatic rings. The number of nitrogens with zero attached hydrogens (tertiary/aromatic N) is 3. The molecule has 6 rings (SSSR count). The Balaban J connectivity index is 0.000000897. The molecule has 2 fully saturated rings. The van der Waals surface area contributed by atoms with Crippen LogP contribution in [0.3, 0.4) is 0 Å². The van der Waals surface area contributed by atoms with E-state index in [0.717, 1.165) is 63.4 Å². The highest BCUT2D eigenvalue weighted by Gasteiger charge is 2.32. The number of hydrogen-bond acceptors (Lipinski definition) is 9. The van der Waals surface area contributed by atoms with Crippen molar-refractivity contribution < 1.29 is 34.4 Å². The van der Waals surface area contributed by atoms with Gasteiger partial charge in [0.15, 0.2) is 5.82 Å². The zero-order chi connectivity index (χ0) is 38.0. The number of rotatable bonds is 17. The van der Waals surface area contributed by atoms with Gasteiger partial charge in [-0.2, -0.15) is 24.9 Å². The highest BCUT2D eigenvalue weighted by Crippen LogP contribution is 2.34. The highest BCUT2D eigenvalue weighted by molar-refractivity contribution is 7.99. The molecule has 3 aliphatic heterocycles. The number of thioether (sulfide) groups is 1. The summed E-state index contributed by atoms with van der Waals surface area (Å²) in [5.74, 6) is 3.67. The molecule has 1 aromatic carbocycles.